The first-order valence-electron chi connectivity index (χ1n) is 7.23. The van der Waals surface area contributed by atoms with Gasteiger partial charge in [-0.3, -0.25) is 4.79 Å². The second kappa shape index (κ2) is 5.85. The van der Waals surface area contributed by atoms with Crippen molar-refractivity contribution in [3.8, 4) is 0 Å². The van der Waals surface area contributed by atoms with Gasteiger partial charge in [0.25, 0.3) is 0 Å². The van der Waals surface area contributed by atoms with Crippen molar-refractivity contribution in [2.24, 2.45) is 11.8 Å². The zero-order valence-electron chi connectivity index (χ0n) is 11.2. The van der Waals surface area contributed by atoms with Crippen molar-refractivity contribution in [1.82, 2.24) is 10.6 Å². The number of amides is 1. The summed E-state index contributed by atoms with van der Waals surface area (Å²) in [6.45, 7) is 5.47. The average Bonchev–Trinajstić information content (AvgIpc) is 3.04. The Morgan fingerprint density at radius 3 is 2.59 bits per heavy atom. The third kappa shape index (κ3) is 3.70. The van der Waals surface area contributed by atoms with Crippen LogP contribution < -0.4 is 10.6 Å². The van der Waals surface area contributed by atoms with E-state index < -0.39 is 0 Å². The smallest absolute Gasteiger partial charge is 0.221 e. The fourth-order valence-electron chi connectivity index (χ4n) is 3.01. The number of nitrogens with one attached hydrogen (secondary N) is 2. The van der Waals surface area contributed by atoms with Gasteiger partial charge < -0.3 is 10.6 Å². The van der Waals surface area contributed by atoms with Crippen molar-refractivity contribution < 1.29 is 4.79 Å². The maximum atomic E-state index is 11.5. The number of carbonyl (C=O) groups excluding carboxylic acids is 1. The van der Waals surface area contributed by atoms with Crippen molar-refractivity contribution in [1.29, 1.82) is 0 Å². The third-order valence-electron chi connectivity index (χ3n) is 4.45. The first-order valence-corrected chi connectivity index (χ1v) is 7.23. The maximum Gasteiger partial charge on any atom is 0.221 e. The molecule has 0 aliphatic heterocycles. The molecule has 0 spiro atoms. The van der Waals surface area contributed by atoms with Gasteiger partial charge >= 0.3 is 0 Å². The summed E-state index contributed by atoms with van der Waals surface area (Å²) < 4.78 is 0. The summed E-state index contributed by atoms with van der Waals surface area (Å²) in [5, 5.41) is 6.59. The van der Waals surface area contributed by atoms with Crippen LogP contribution >= 0.6 is 0 Å². The van der Waals surface area contributed by atoms with Crippen LogP contribution in [0.25, 0.3) is 0 Å². The van der Waals surface area contributed by atoms with Gasteiger partial charge in [0.1, 0.15) is 0 Å². The largest absolute Gasteiger partial charge is 0.353 e. The minimum atomic E-state index is 0.220. The minimum absolute atomic E-state index is 0.220. The molecule has 2 fully saturated rings. The molecule has 3 atom stereocenters. The van der Waals surface area contributed by atoms with E-state index in [0.717, 1.165) is 18.4 Å². The number of carbonyl (C=O) groups is 1. The molecule has 0 aromatic rings. The highest BCUT2D eigenvalue weighted by Crippen LogP contribution is 2.33. The normalized spacial score (nSPS) is 32.7. The molecule has 0 aromatic heterocycles. The van der Waals surface area contributed by atoms with Gasteiger partial charge in [-0.25, -0.2) is 0 Å². The Morgan fingerprint density at radius 2 is 2.00 bits per heavy atom. The van der Waals surface area contributed by atoms with Gasteiger partial charge in [-0.1, -0.05) is 20.3 Å². The van der Waals surface area contributed by atoms with Gasteiger partial charge in [0.15, 0.2) is 0 Å². The van der Waals surface area contributed by atoms with Crippen LogP contribution in [0.5, 0.6) is 0 Å². The van der Waals surface area contributed by atoms with Gasteiger partial charge in [0.05, 0.1) is 0 Å². The number of hydrogen-bond donors (Lipinski definition) is 2. The van der Waals surface area contributed by atoms with Crippen LogP contribution in [0.1, 0.15) is 52.4 Å². The fraction of sp³-hybridized carbons (Fsp3) is 0.929. The molecule has 98 valence electrons. The lowest BCUT2D eigenvalue weighted by molar-refractivity contribution is -0.121. The summed E-state index contributed by atoms with van der Waals surface area (Å²) in [7, 11) is 0. The van der Waals surface area contributed by atoms with Crippen LogP contribution in [0.2, 0.25) is 0 Å². The van der Waals surface area contributed by atoms with Crippen molar-refractivity contribution in [2.45, 2.75) is 64.5 Å². The molecule has 2 saturated carbocycles. The second-order valence-electron chi connectivity index (χ2n) is 5.76. The van der Waals surface area contributed by atoms with Crippen molar-refractivity contribution >= 4 is 5.91 Å². The van der Waals surface area contributed by atoms with E-state index in [-0.39, 0.29) is 5.91 Å². The summed E-state index contributed by atoms with van der Waals surface area (Å²) in [5.74, 6) is 1.87. The monoisotopic (exact) mass is 238 g/mol. The Morgan fingerprint density at radius 1 is 1.24 bits per heavy atom. The van der Waals surface area contributed by atoms with Crippen molar-refractivity contribution in [3.63, 3.8) is 0 Å². The van der Waals surface area contributed by atoms with Gasteiger partial charge in [0.2, 0.25) is 5.91 Å². The van der Waals surface area contributed by atoms with Crippen molar-refractivity contribution in [3.05, 3.63) is 0 Å². The van der Waals surface area contributed by atoms with Gasteiger partial charge in [-0.05, 0) is 37.5 Å². The molecule has 1 amide bonds. The van der Waals surface area contributed by atoms with Crippen LogP contribution in [0.4, 0.5) is 0 Å². The molecule has 3 unspecified atom stereocenters. The highest BCUT2D eigenvalue weighted by Gasteiger charge is 2.31. The van der Waals surface area contributed by atoms with E-state index in [1.165, 1.54) is 32.1 Å². The summed E-state index contributed by atoms with van der Waals surface area (Å²) in [5.41, 5.74) is 0. The molecular weight excluding hydrogens is 212 g/mol. The Hall–Kier alpha value is -0.570. The molecule has 2 aliphatic carbocycles. The topological polar surface area (TPSA) is 41.1 Å². The fourth-order valence-corrected chi connectivity index (χ4v) is 3.01. The second-order valence-corrected chi connectivity index (χ2v) is 5.76. The number of hydrogen-bond acceptors (Lipinski definition) is 2. The van der Waals surface area contributed by atoms with E-state index in [1.807, 2.05) is 0 Å². The Bertz CT molecular complexity index is 263. The van der Waals surface area contributed by atoms with E-state index in [9.17, 15) is 4.79 Å². The van der Waals surface area contributed by atoms with Gasteiger partial charge in [-0.15, -0.1) is 0 Å². The average molecular weight is 238 g/mol. The van der Waals surface area contributed by atoms with E-state index >= 15 is 0 Å². The predicted octanol–water partition coefficient (Wildman–Crippen LogP) is 2.07. The van der Waals surface area contributed by atoms with E-state index in [4.69, 9.17) is 0 Å². The lowest BCUT2D eigenvalue weighted by Gasteiger charge is -2.20. The maximum absolute atomic E-state index is 11.5. The van der Waals surface area contributed by atoms with E-state index in [1.54, 1.807) is 0 Å². The SMILES string of the molecule is CCC1CCC(NCCC(=O)NC2CC2)C1C. The number of rotatable bonds is 6. The van der Waals surface area contributed by atoms with Gasteiger partial charge in [-0.2, -0.15) is 0 Å². The molecule has 2 N–H and O–H groups in total. The summed E-state index contributed by atoms with van der Waals surface area (Å²) >= 11 is 0. The minimum Gasteiger partial charge on any atom is -0.353 e. The molecule has 3 nitrogen and oxygen atoms in total. The standard InChI is InChI=1S/C14H26N2O/c1-3-11-4-7-13(10(11)2)15-9-8-14(17)16-12-5-6-12/h10-13,15H,3-9H2,1-2H3,(H,16,17). The molecule has 2 rings (SSSR count). The zero-order valence-corrected chi connectivity index (χ0v) is 11.2. The predicted molar refractivity (Wildman–Crippen MR) is 69.8 cm³/mol. The molecule has 0 radical (unpaired) electrons. The Balaban J connectivity index is 1.59. The van der Waals surface area contributed by atoms with E-state index in [0.29, 0.717) is 18.5 Å². The Labute approximate surface area is 105 Å². The van der Waals surface area contributed by atoms with Crippen molar-refractivity contribution in [2.75, 3.05) is 6.54 Å². The lowest BCUT2D eigenvalue weighted by atomic mass is 9.93. The molecule has 3 heteroatoms. The molecular formula is C14H26N2O. The first kappa shape index (κ1) is 12.9. The molecule has 0 heterocycles. The summed E-state index contributed by atoms with van der Waals surface area (Å²) in [4.78, 5) is 11.5. The summed E-state index contributed by atoms with van der Waals surface area (Å²) in [6.07, 6.45) is 6.92. The first-order chi connectivity index (χ1) is 8.20. The molecule has 0 bridgehead atoms. The third-order valence-corrected chi connectivity index (χ3v) is 4.45. The van der Waals surface area contributed by atoms with Gasteiger partial charge in [0, 0.05) is 25.0 Å². The molecule has 2 aliphatic rings. The Kier molecular flexibility index (Phi) is 4.43. The van der Waals surface area contributed by atoms with Crippen LogP contribution in [-0.2, 0) is 4.79 Å². The highest BCUT2D eigenvalue weighted by molar-refractivity contribution is 5.76. The van der Waals surface area contributed by atoms with E-state index in [2.05, 4.69) is 24.5 Å². The zero-order chi connectivity index (χ0) is 12.3. The van der Waals surface area contributed by atoms with Crippen LogP contribution in [0, 0.1) is 11.8 Å². The summed E-state index contributed by atoms with van der Waals surface area (Å²) in [6, 6.07) is 1.13. The van der Waals surface area contributed by atoms with Crippen LogP contribution in [-0.4, -0.2) is 24.5 Å². The lowest BCUT2D eigenvalue weighted by Crippen LogP contribution is -2.36. The van der Waals surface area contributed by atoms with Crippen LogP contribution in [0.15, 0.2) is 0 Å². The molecule has 17 heavy (non-hydrogen) atoms. The highest BCUT2D eigenvalue weighted by atomic mass is 16.1. The molecule has 0 saturated heterocycles. The van der Waals surface area contributed by atoms with Crippen LogP contribution in [0.3, 0.4) is 0 Å². The quantitative estimate of drug-likeness (QED) is 0.744. The molecule has 0 aromatic carbocycles.